The first-order valence-electron chi connectivity index (χ1n) is 4.48. The molecule has 1 aromatic carbocycles. The summed E-state index contributed by atoms with van der Waals surface area (Å²) in [4.78, 5) is 3.98. The van der Waals surface area contributed by atoms with Crippen molar-refractivity contribution in [1.82, 2.24) is 15.4 Å². The topological polar surface area (TPSA) is 53.9 Å². The number of hydrogen-bond acceptors (Lipinski definition) is 4. The maximum atomic E-state index is 4.01. The number of hydrogen-bond donors (Lipinski definition) is 2. The third-order valence-corrected chi connectivity index (χ3v) is 3.10. The Balaban J connectivity index is 0.000000124. The molecule has 1 N–H and O–H groups in total. The second-order valence-corrected chi connectivity index (χ2v) is 4.65. The van der Waals surface area contributed by atoms with Crippen LogP contribution in [0.1, 0.15) is 0 Å². The number of thioether (sulfide) groups is 1. The normalized spacial score (nSPS) is 14.6. The molecule has 0 bridgehead atoms. The summed E-state index contributed by atoms with van der Waals surface area (Å²) in [7, 11) is 0. The molecular formula is C9H10N4S2. The van der Waals surface area contributed by atoms with E-state index in [0.717, 1.165) is 27.7 Å². The quantitative estimate of drug-likeness (QED) is 0.690. The van der Waals surface area contributed by atoms with Gasteiger partial charge in [0, 0.05) is 5.75 Å². The Kier molecular flexibility index (Phi) is 3.63. The Morgan fingerprint density at radius 1 is 1.33 bits per heavy atom. The highest BCUT2D eigenvalue weighted by Crippen LogP contribution is 2.12. The monoisotopic (exact) mass is 238 g/mol. The van der Waals surface area contributed by atoms with Crippen LogP contribution in [0.25, 0.3) is 11.0 Å². The van der Waals surface area contributed by atoms with Gasteiger partial charge in [-0.05, 0) is 12.1 Å². The molecule has 0 atom stereocenters. The van der Waals surface area contributed by atoms with Gasteiger partial charge in [-0.3, -0.25) is 10.1 Å². The van der Waals surface area contributed by atoms with Gasteiger partial charge >= 0.3 is 0 Å². The first kappa shape index (κ1) is 10.5. The Bertz CT molecular complexity index is 436. The Labute approximate surface area is 97.0 Å². The second kappa shape index (κ2) is 5.18. The molecule has 3 rings (SSSR count). The van der Waals surface area contributed by atoms with Gasteiger partial charge in [-0.25, -0.2) is 0 Å². The standard InChI is InChI=1S/C6H5N3.C3H5NS2/c1-2-4-6-5(3-1)7-9-8-6;5-3-4-1-2-6-3/h1-4H,(H,7,8,9);1-2H2,(H,4,5). The van der Waals surface area contributed by atoms with Crippen LogP contribution in [0.5, 0.6) is 0 Å². The van der Waals surface area contributed by atoms with Crippen molar-refractivity contribution in [1.29, 1.82) is 0 Å². The summed E-state index contributed by atoms with van der Waals surface area (Å²) in [5.41, 5.74) is 1.90. The summed E-state index contributed by atoms with van der Waals surface area (Å²) in [6.45, 7) is 0.962. The highest BCUT2D eigenvalue weighted by atomic mass is 32.2. The van der Waals surface area contributed by atoms with Crippen molar-refractivity contribution in [3.05, 3.63) is 24.3 Å². The molecule has 1 aliphatic rings. The van der Waals surface area contributed by atoms with E-state index in [0.29, 0.717) is 0 Å². The van der Waals surface area contributed by atoms with Crippen molar-refractivity contribution in [3.8, 4) is 0 Å². The molecule has 0 amide bonds. The lowest BCUT2D eigenvalue weighted by molar-refractivity contribution is 0.959. The van der Waals surface area contributed by atoms with Crippen molar-refractivity contribution in [2.24, 2.45) is 4.99 Å². The summed E-state index contributed by atoms with van der Waals surface area (Å²) in [6, 6.07) is 7.74. The average molecular weight is 238 g/mol. The zero-order chi connectivity index (χ0) is 10.5. The van der Waals surface area contributed by atoms with Crippen molar-refractivity contribution in [2.75, 3.05) is 12.3 Å². The van der Waals surface area contributed by atoms with Crippen LogP contribution in [0, 0.1) is 0 Å². The van der Waals surface area contributed by atoms with Gasteiger partial charge in [0.25, 0.3) is 0 Å². The minimum atomic E-state index is 0.914. The number of thiol groups is 1. The molecule has 0 fully saturated rings. The number of nitrogens with one attached hydrogen (secondary N) is 1. The number of aromatic amines is 1. The van der Waals surface area contributed by atoms with Gasteiger partial charge in [-0.1, -0.05) is 29.1 Å². The van der Waals surface area contributed by atoms with E-state index in [9.17, 15) is 0 Å². The SMILES string of the molecule is SC1=NCCS1.c1ccc2[nH]nnc2c1. The molecule has 6 heteroatoms. The summed E-state index contributed by atoms with van der Waals surface area (Å²) in [6.07, 6.45) is 0. The van der Waals surface area contributed by atoms with Crippen LogP contribution < -0.4 is 0 Å². The van der Waals surface area contributed by atoms with Gasteiger partial charge in [-0.15, -0.1) is 17.7 Å². The molecule has 1 aromatic heterocycles. The molecule has 0 saturated carbocycles. The van der Waals surface area contributed by atoms with E-state index in [1.165, 1.54) is 0 Å². The zero-order valence-corrected chi connectivity index (χ0v) is 9.63. The van der Waals surface area contributed by atoms with Gasteiger partial charge in [0.1, 0.15) is 9.89 Å². The molecule has 2 aromatic rings. The molecule has 4 nitrogen and oxygen atoms in total. The second-order valence-electron chi connectivity index (χ2n) is 2.84. The molecule has 0 spiro atoms. The number of aliphatic imine (C=N–C) groups is 1. The van der Waals surface area contributed by atoms with Crippen molar-refractivity contribution in [2.45, 2.75) is 0 Å². The van der Waals surface area contributed by atoms with Crippen LogP contribution in [-0.2, 0) is 0 Å². The fourth-order valence-electron chi connectivity index (χ4n) is 1.11. The number of nitrogens with zero attached hydrogens (tertiary/aromatic N) is 3. The summed E-state index contributed by atoms with van der Waals surface area (Å²) in [5, 5.41) is 10.2. The van der Waals surface area contributed by atoms with E-state index < -0.39 is 0 Å². The van der Waals surface area contributed by atoms with Crippen molar-refractivity contribution in [3.63, 3.8) is 0 Å². The lowest BCUT2D eigenvalue weighted by Gasteiger charge is -1.79. The molecule has 2 heterocycles. The van der Waals surface area contributed by atoms with Gasteiger partial charge in [0.05, 0.1) is 12.1 Å². The number of benzene rings is 1. The Morgan fingerprint density at radius 2 is 2.20 bits per heavy atom. The number of aromatic nitrogens is 3. The van der Waals surface area contributed by atoms with Gasteiger partial charge in [0.2, 0.25) is 0 Å². The fourth-order valence-corrected chi connectivity index (χ4v) is 2.03. The molecule has 0 unspecified atom stereocenters. The first-order chi connectivity index (χ1) is 7.36. The van der Waals surface area contributed by atoms with Gasteiger partial charge < -0.3 is 0 Å². The molecule has 0 radical (unpaired) electrons. The minimum absolute atomic E-state index is 0.914. The maximum Gasteiger partial charge on any atom is 0.121 e. The van der Waals surface area contributed by atoms with Crippen LogP contribution in [0.15, 0.2) is 29.3 Å². The maximum absolute atomic E-state index is 4.01. The van der Waals surface area contributed by atoms with E-state index in [4.69, 9.17) is 0 Å². The average Bonchev–Trinajstić information content (AvgIpc) is 2.88. The Hall–Kier alpha value is -1.01. The third kappa shape index (κ3) is 2.97. The number of para-hydroxylation sites is 1. The lowest BCUT2D eigenvalue weighted by atomic mass is 10.3. The van der Waals surface area contributed by atoms with Crippen molar-refractivity contribution >= 4 is 39.8 Å². The van der Waals surface area contributed by atoms with Crippen LogP contribution >= 0.6 is 24.4 Å². The van der Waals surface area contributed by atoms with Crippen LogP contribution in [0.2, 0.25) is 0 Å². The first-order valence-corrected chi connectivity index (χ1v) is 5.91. The lowest BCUT2D eigenvalue weighted by Crippen LogP contribution is -1.69. The summed E-state index contributed by atoms with van der Waals surface area (Å²) < 4.78 is 0.940. The van der Waals surface area contributed by atoms with Crippen LogP contribution in [0.3, 0.4) is 0 Å². The van der Waals surface area contributed by atoms with E-state index in [2.05, 4.69) is 33.0 Å². The predicted molar refractivity (Wildman–Crippen MR) is 67.6 cm³/mol. The largest absolute Gasteiger partial charge is 0.271 e. The molecule has 0 aliphatic carbocycles. The molecule has 0 saturated heterocycles. The fraction of sp³-hybridized carbons (Fsp3) is 0.222. The molecular weight excluding hydrogens is 228 g/mol. The van der Waals surface area contributed by atoms with Crippen molar-refractivity contribution < 1.29 is 0 Å². The van der Waals surface area contributed by atoms with Gasteiger partial charge in [-0.2, -0.15) is 0 Å². The summed E-state index contributed by atoms with van der Waals surface area (Å²) in [5.74, 6) is 1.12. The summed E-state index contributed by atoms with van der Waals surface area (Å²) >= 11 is 5.72. The molecule has 1 aliphatic heterocycles. The molecule has 78 valence electrons. The van der Waals surface area contributed by atoms with E-state index in [1.54, 1.807) is 11.8 Å². The highest BCUT2D eigenvalue weighted by molar-refractivity contribution is 8.32. The smallest absolute Gasteiger partial charge is 0.121 e. The van der Waals surface area contributed by atoms with E-state index in [1.807, 2.05) is 24.3 Å². The number of fused-ring (bicyclic) bond motifs is 1. The van der Waals surface area contributed by atoms with E-state index >= 15 is 0 Å². The van der Waals surface area contributed by atoms with Gasteiger partial charge in [0.15, 0.2) is 0 Å². The number of H-pyrrole nitrogens is 1. The zero-order valence-electron chi connectivity index (χ0n) is 7.92. The van der Waals surface area contributed by atoms with Crippen LogP contribution in [-0.4, -0.2) is 32.1 Å². The van der Waals surface area contributed by atoms with Crippen LogP contribution in [0.4, 0.5) is 0 Å². The predicted octanol–water partition coefficient (Wildman–Crippen LogP) is 1.98. The Morgan fingerprint density at radius 3 is 2.80 bits per heavy atom. The third-order valence-electron chi connectivity index (χ3n) is 1.80. The minimum Gasteiger partial charge on any atom is -0.271 e. The number of rotatable bonds is 0. The molecule has 15 heavy (non-hydrogen) atoms. The van der Waals surface area contributed by atoms with E-state index in [-0.39, 0.29) is 0 Å². The highest BCUT2D eigenvalue weighted by Gasteiger charge is 1.98.